The Kier molecular flexibility index (Phi) is 8.22. The van der Waals surface area contributed by atoms with Gasteiger partial charge in [-0.15, -0.1) is 0 Å². The van der Waals surface area contributed by atoms with Crippen LogP contribution in [0.2, 0.25) is 0 Å². The summed E-state index contributed by atoms with van der Waals surface area (Å²) in [4.78, 5) is 19.2. The molecule has 4 aromatic rings. The van der Waals surface area contributed by atoms with Crippen LogP contribution >= 0.6 is 0 Å². The summed E-state index contributed by atoms with van der Waals surface area (Å²) in [6.07, 6.45) is 2.10. The molecule has 0 saturated carbocycles. The van der Waals surface area contributed by atoms with Crippen molar-refractivity contribution in [3.8, 4) is 11.5 Å². The van der Waals surface area contributed by atoms with Crippen LogP contribution in [-0.4, -0.2) is 67.3 Å². The summed E-state index contributed by atoms with van der Waals surface area (Å²) in [5.41, 5.74) is 6.21. The monoisotopic (exact) mass is 660 g/mol. The van der Waals surface area contributed by atoms with Gasteiger partial charge in [-0.2, -0.15) is 0 Å². The third kappa shape index (κ3) is 6.12. The van der Waals surface area contributed by atoms with Crippen molar-refractivity contribution in [2.24, 2.45) is 5.92 Å². The van der Waals surface area contributed by atoms with Gasteiger partial charge in [-0.3, -0.25) is 9.69 Å². The molecule has 0 spiro atoms. The number of carbonyl (C=O) groups excluding carboxylic acids is 1. The van der Waals surface area contributed by atoms with Gasteiger partial charge in [0.15, 0.2) is 0 Å². The number of phenolic OH excluding ortho intramolecular Hbond substituents is 1. The number of carbonyl (C=O) groups is 1. The molecule has 4 aliphatic rings. The number of ether oxygens (including phenoxy) is 1. The average Bonchev–Trinajstić information content (AvgIpc) is 3.48. The third-order valence-corrected chi connectivity index (χ3v) is 11.3. The van der Waals surface area contributed by atoms with Crippen LogP contribution in [0.3, 0.4) is 0 Å². The number of nitrogens with one attached hydrogen (secondary N) is 1. The Morgan fingerprint density at radius 3 is 2.39 bits per heavy atom. The van der Waals surface area contributed by atoms with Crippen molar-refractivity contribution in [1.82, 2.24) is 10.2 Å². The molecular weight excluding hydrogens is 615 g/mol. The second-order valence-electron chi connectivity index (χ2n) is 14.7. The van der Waals surface area contributed by atoms with Gasteiger partial charge >= 0.3 is 0 Å². The number of piperazine rings is 1. The van der Waals surface area contributed by atoms with Gasteiger partial charge in [0.2, 0.25) is 0 Å². The quantitative estimate of drug-likeness (QED) is 0.235. The van der Waals surface area contributed by atoms with E-state index in [2.05, 4.69) is 64.2 Å². The number of phenols is 1. The summed E-state index contributed by atoms with van der Waals surface area (Å²) in [5, 5.41) is 13.2. The minimum atomic E-state index is -0.586. The smallest absolute Gasteiger partial charge is 0.251 e. The number of halogens is 1. The minimum Gasteiger partial charge on any atom is -0.508 e. The van der Waals surface area contributed by atoms with E-state index in [1.54, 1.807) is 18.2 Å². The molecule has 254 valence electrons. The molecule has 4 aromatic carbocycles. The van der Waals surface area contributed by atoms with Crippen LogP contribution in [0, 0.1) is 11.7 Å². The van der Waals surface area contributed by atoms with E-state index in [4.69, 9.17) is 4.74 Å². The summed E-state index contributed by atoms with van der Waals surface area (Å²) in [5.74, 6) is 1.06. The highest BCUT2D eigenvalue weighted by Crippen LogP contribution is 2.53. The molecule has 0 bridgehead atoms. The Morgan fingerprint density at radius 2 is 1.63 bits per heavy atom. The number of nitrogens with zero attached hydrogens (tertiary/aromatic N) is 3. The topological polar surface area (TPSA) is 68.3 Å². The maximum Gasteiger partial charge on any atom is 0.251 e. The third-order valence-electron chi connectivity index (χ3n) is 11.3. The fourth-order valence-corrected chi connectivity index (χ4v) is 8.72. The second-order valence-corrected chi connectivity index (χ2v) is 14.7. The lowest BCUT2D eigenvalue weighted by Crippen LogP contribution is -2.49. The summed E-state index contributed by atoms with van der Waals surface area (Å²) in [7, 11) is 0. The molecule has 4 aliphatic heterocycles. The minimum absolute atomic E-state index is 0.0296. The van der Waals surface area contributed by atoms with Crippen LogP contribution in [0.5, 0.6) is 11.5 Å². The highest BCUT2D eigenvalue weighted by atomic mass is 19.1. The van der Waals surface area contributed by atoms with E-state index in [0.717, 1.165) is 86.5 Å². The lowest BCUT2D eigenvalue weighted by Gasteiger charge is -2.45. The molecule has 7 nitrogen and oxygen atoms in total. The molecule has 2 saturated heterocycles. The normalized spacial score (nSPS) is 22.3. The van der Waals surface area contributed by atoms with E-state index >= 15 is 4.39 Å². The van der Waals surface area contributed by atoms with Crippen molar-refractivity contribution < 1.29 is 19.0 Å². The predicted octanol–water partition coefficient (Wildman–Crippen LogP) is 6.90. The number of benzene rings is 4. The number of hydrogen-bond acceptors (Lipinski definition) is 6. The second kappa shape index (κ2) is 12.7. The zero-order valence-electron chi connectivity index (χ0n) is 28.4. The summed E-state index contributed by atoms with van der Waals surface area (Å²) < 4.78 is 22.6. The van der Waals surface area contributed by atoms with Crippen LogP contribution in [-0.2, 0) is 6.54 Å². The van der Waals surface area contributed by atoms with E-state index in [0.29, 0.717) is 23.9 Å². The zero-order valence-corrected chi connectivity index (χ0v) is 28.4. The summed E-state index contributed by atoms with van der Waals surface area (Å²) in [6, 6.07) is 27.6. The first-order valence-corrected chi connectivity index (χ1v) is 17.7. The number of piperidine rings is 1. The van der Waals surface area contributed by atoms with Gasteiger partial charge in [-0.1, -0.05) is 42.5 Å². The summed E-state index contributed by atoms with van der Waals surface area (Å²) >= 11 is 0. The molecule has 2 fully saturated rings. The molecule has 2 N–H and O–H groups in total. The fraction of sp³-hybridized carbons (Fsp3) is 0.390. The summed E-state index contributed by atoms with van der Waals surface area (Å²) in [6.45, 7) is 11.6. The Balaban J connectivity index is 0.923. The number of aromatic hydroxyl groups is 1. The molecule has 0 aliphatic carbocycles. The maximum absolute atomic E-state index is 16.1. The van der Waals surface area contributed by atoms with Crippen molar-refractivity contribution in [1.29, 1.82) is 0 Å². The van der Waals surface area contributed by atoms with E-state index in [-0.39, 0.29) is 29.3 Å². The number of anilines is 2. The lowest BCUT2D eigenvalue weighted by atomic mass is 9.68. The standard InChI is InChI=1S/C41H45FN4O3/c1-41(2)39(28-6-4-3-5-7-28)38(34-12-10-32(47)24-37(34)49-41)29-8-13-36(35(42)23-29)46-16-14-27(15-17-46)26-44-18-20-45(21-19-44)31-9-11-33-30(22-31)25-43-40(33)48/h3-13,22-24,27,38-39,47H,14-21,25-26H2,1-2H3,(H,43,48)/t38-,39-/m1/s1. The van der Waals surface area contributed by atoms with Gasteiger partial charge < -0.3 is 25.0 Å². The van der Waals surface area contributed by atoms with Gasteiger partial charge in [0.1, 0.15) is 22.9 Å². The molecule has 2 atom stereocenters. The van der Waals surface area contributed by atoms with Gasteiger partial charge in [0.05, 0.1) is 5.69 Å². The van der Waals surface area contributed by atoms with Gasteiger partial charge in [-0.25, -0.2) is 4.39 Å². The fourth-order valence-electron chi connectivity index (χ4n) is 8.72. The Hall–Kier alpha value is -4.56. The molecule has 8 rings (SSSR count). The Bertz CT molecular complexity index is 1850. The number of rotatable bonds is 6. The van der Waals surface area contributed by atoms with E-state index in [1.165, 1.54) is 5.69 Å². The Morgan fingerprint density at radius 1 is 0.857 bits per heavy atom. The van der Waals surface area contributed by atoms with Crippen LogP contribution in [0.4, 0.5) is 15.8 Å². The molecule has 4 heterocycles. The van der Waals surface area contributed by atoms with Crippen molar-refractivity contribution in [3.63, 3.8) is 0 Å². The molecule has 0 aromatic heterocycles. The van der Waals surface area contributed by atoms with Crippen molar-refractivity contribution in [2.75, 3.05) is 55.6 Å². The first-order chi connectivity index (χ1) is 23.7. The van der Waals surface area contributed by atoms with Crippen LogP contribution in [0.25, 0.3) is 0 Å². The zero-order chi connectivity index (χ0) is 33.7. The average molecular weight is 661 g/mol. The van der Waals surface area contributed by atoms with E-state index in [1.807, 2.05) is 36.4 Å². The maximum atomic E-state index is 16.1. The molecule has 8 heteroatoms. The SMILES string of the molecule is CC1(C)Oc2cc(O)ccc2[C@@H](c2ccc(N3CCC(CN4CCN(c5ccc6c(c5)CNC6=O)CC4)CC3)c(F)c2)[C@H]1c1ccccc1. The van der Waals surface area contributed by atoms with Crippen molar-refractivity contribution >= 4 is 17.3 Å². The van der Waals surface area contributed by atoms with Crippen LogP contribution < -0.4 is 19.9 Å². The molecule has 1 amide bonds. The Labute approximate surface area is 288 Å². The predicted molar refractivity (Wildman–Crippen MR) is 191 cm³/mol. The number of fused-ring (bicyclic) bond motifs is 2. The first-order valence-electron chi connectivity index (χ1n) is 17.7. The highest BCUT2D eigenvalue weighted by molar-refractivity contribution is 5.98. The van der Waals surface area contributed by atoms with E-state index in [9.17, 15) is 9.90 Å². The van der Waals surface area contributed by atoms with Crippen LogP contribution in [0.15, 0.2) is 84.9 Å². The molecule has 0 unspecified atom stereocenters. The van der Waals surface area contributed by atoms with Gasteiger partial charge in [-0.05, 0) is 85.7 Å². The highest BCUT2D eigenvalue weighted by Gasteiger charge is 2.45. The van der Waals surface area contributed by atoms with Crippen molar-refractivity contribution in [2.45, 2.75) is 50.7 Å². The first kappa shape index (κ1) is 31.7. The number of amides is 1. The number of hydrogen-bond donors (Lipinski definition) is 2. The van der Waals surface area contributed by atoms with E-state index < -0.39 is 5.60 Å². The van der Waals surface area contributed by atoms with Crippen LogP contribution in [0.1, 0.15) is 71.1 Å². The molecule has 0 radical (unpaired) electrons. The molecular formula is C41H45FN4O3. The lowest BCUT2D eigenvalue weighted by molar-refractivity contribution is 0.0528. The van der Waals surface area contributed by atoms with Crippen molar-refractivity contribution in [3.05, 3.63) is 119 Å². The molecule has 49 heavy (non-hydrogen) atoms. The largest absolute Gasteiger partial charge is 0.508 e. The van der Waals surface area contributed by atoms with Gasteiger partial charge in [0.25, 0.3) is 5.91 Å². The van der Waals surface area contributed by atoms with Gasteiger partial charge in [0, 0.05) is 87.1 Å².